The smallest absolute Gasteiger partial charge is 0.306 e. The van der Waals surface area contributed by atoms with Crippen LogP contribution in [0.25, 0.3) is 0 Å². The molecule has 0 aromatic carbocycles. The molecule has 1 saturated carbocycles. The molecule has 0 aromatic heterocycles. The van der Waals surface area contributed by atoms with Gasteiger partial charge in [-0.05, 0) is 25.3 Å². The van der Waals surface area contributed by atoms with Crippen LogP contribution in [-0.4, -0.2) is 26.2 Å². The highest BCUT2D eigenvalue weighted by Crippen LogP contribution is 2.33. The first kappa shape index (κ1) is 10.5. The summed E-state index contributed by atoms with van der Waals surface area (Å²) < 4.78 is 4.53. The Balaban J connectivity index is 1.75. The van der Waals surface area contributed by atoms with E-state index >= 15 is 0 Å². The standard InChI is InChI=1S/C10H19NO2/c1-13-10(12)6-8-11-7-2-3-9-4-5-9/h9,11H,2-8H2,1H3. The zero-order valence-electron chi connectivity index (χ0n) is 8.34. The van der Waals surface area contributed by atoms with E-state index in [0.717, 1.165) is 19.0 Å². The predicted octanol–water partition coefficient (Wildman–Crippen LogP) is 1.33. The number of carbonyl (C=O) groups excluding carboxylic acids is 1. The summed E-state index contributed by atoms with van der Waals surface area (Å²) in [4.78, 5) is 10.7. The fraction of sp³-hybridized carbons (Fsp3) is 0.900. The lowest BCUT2D eigenvalue weighted by Crippen LogP contribution is -2.20. The van der Waals surface area contributed by atoms with Gasteiger partial charge in [0.05, 0.1) is 13.5 Å². The van der Waals surface area contributed by atoms with Crippen molar-refractivity contribution in [1.29, 1.82) is 0 Å². The lowest BCUT2D eigenvalue weighted by atomic mass is 10.2. The van der Waals surface area contributed by atoms with Gasteiger partial charge in [0.1, 0.15) is 0 Å². The van der Waals surface area contributed by atoms with Crippen molar-refractivity contribution in [3.05, 3.63) is 0 Å². The molecule has 1 aliphatic carbocycles. The molecule has 0 saturated heterocycles. The molecule has 0 aromatic rings. The van der Waals surface area contributed by atoms with E-state index in [2.05, 4.69) is 10.1 Å². The van der Waals surface area contributed by atoms with Gasteiger partial charge in [-0.25, -0.2) is 0 Å². The number of hydrogen-bond acceptors (Lipinski definition) is 3. The molecule has 1 N–H and O–H groups in total. The van der Waals surface area contributed by atoms with Crippen LogP contribution in [0.1, 0.15) is 32.1 Å². The maximum atomic E-state index is 10.7. The molecule has 3 heteroatoms. The third-order valence-electron chi connectivity index (χ3n) is 2.40. The van der Waals surface area contributed by atoms with Gasteiger partial charge in [0.15, 0.2) is 0 Å². The number of esters is 1. The lowest BCUT2D eigenvalue weighted by molar-refractivity contribution is -0.140. The minimum absolute atomic E-state index is 0.130. The van der Waals surface area contributed by atoms with E-state index in [-0.39, 0.29) is 5.97 Å². The molecule has 0 amide bonds. The number of carbonyl (C=O) groups is 1. The fourth-order valence-corrected chi connectivity index (χ4v) is 1.34. The van der Waals surface area contributed by atoms with E-state index in [9.17, 15) is 4.79 Å². The average molecular weight is 185 g/mol. The van der Waals surface area contributed by atoms with Crippen LogP contribution >= 0.6 is 0 Å². The van der Waals surface area contributed by atoms with E-state index in [1.165, 1.54) is 32.8 Å². The molecule has 13 heavy (non-hydrogen) atoms. The molecule has 1 aliphatic rings. The number of ether oxygens (including phenoxy) is 1. The van der Waals surface area contributed by atoms with E-state index in [1.54, 1.807) is 0 Å². The van der Waals surface area contributed by atoms with Crippen molar-refractivity contribution in [2.45, 2.75) is 32.1 Å². The third-order valence-corrected chi connectivity index (χ3v) is 2.40. The van der Waals surface area contributed by atoms with Crippen LogP contribution in [0.3, 0.4) is 0 Å². The van der Waals surface area contributed by atoms with Crippen LogP contribution in [0.5, 0.6) is 0 Å². The van der Waals surface area contributed by atoms with Crippen molar-refractivity contribution in [3.63, 3.8) is 0 Å². The van der Waals surface area contributed by atoms with Crippen LogP contribution in [0.4, 0.5) is 0 Å². The monoisotopic (exact) mass is 185 g/mol. The second-order valence-electron chi connectivity index (χ2n) is 3.66. The number of nitrogens with one attached hydrogen (secondary N) is 1. The first-order valence-electron chi connectivity index (χ1n) is 5.10. The van der Waals surface area contributed by atoms with Crippen LogP contribution < -0.4 is 5.32 Å². The number of methoxy groups -OCH3 is 1. The Labute approximate surface area is 79.8 Å². The topological polar surface area (TPSA) is 38.3 Å². The molecule has 0 unspecified atom stereocenters. The van der Waals surface area contributed by atoms with Gasteiger partial charge in [0.25, 0.3) is 0 Å². The Bertz CT molecular complexity index is 155. The van der Waals surface area contributed by atoms with Crippen molar-refractivity contribution in [1.82, 2.24) is 5.32 Å². The molecule has 1 fully saturated rings. The van der Waals surface area contributed by atoms with E-state index in [0.29, 0.717) is 6.42 Å². The van der Waals surface area contributed by atoms with E-state index in [1.807, 2.05) is 0 Å². The maximum Gasteiger partial charge on any atom is 0.306 e. The summed E-state index contributed by atoms with van der Waals surface area (Å²) in [6.07, 6.45) is 5.95. The summed E-state index contributed by atoms with van der Waals surface area (Å²) in [6.45, 7) is 1.78. The summed E-state index contributed by atoms with van der Waals surface area (Å²) in [7, 11) is 1.43. The zero-order valence-corrected chi connectivity index (χ0v) is 8.34. The van der Waals surface area contributed by atoms with Crippen molar-refractivity contribution in [3.8, 4) is 0 Å². The van der Waals surface area contributed by atoms with Crippen LogP contribution in [0, 0.1) is 5.92 Å². The van der Waals surface area contributed by atoms with Gasteiger partial charge in [0.2, 0.25) is 0 Å². The number of hydrogen-bond donors (Lipinski definition) is 1. The molecule has 0 spiro atoms. The Hall–Kier alpha value is -0.570. The highest BCUT2D eigenvalue weighted by Gasteiger charge is 2.19. The molecule has 0 heterocycles. The first-order chi connectivity index (χ1) is 6.33. The molecule has 0 radical (unpaired) electrons. The van der Waals surface area contributed by atoms with Crippen molar-refractivity contribution < 1.29 is 9.53 Å². The first-order valence-corrected chi connectivity index (χ1v) is 5.10. The van der Waals surface area contributed by atoms with Gasteiger partial charge in [-0.1, -0.05) is 12.8 Å². The Kier molecular flexibility index (Phi) is 4.83. The molecular formula is C10H19NO2. The van der Waals surface area contributed by atoms with E-state index in [4.69, 9.17) is 0 Å². The molecule has 76 valence electrons. The summed E-state index contributed by atoms with van der Waals surface area (Å²) in [5.41, 5.74) is 0. The van der Waals surface area contributed by atoms with Gasteiger partial charge in [-0.2, -0.15) is 0 Å². The van der Waals surface area contributed by atoms with Crippen LogP contribution in [0.15, 0.2) is 0 Å². The van der Waals surface area contributed by atoms with Gasteiger partial charge in [-0.3, -0.25) is 4.79 Å². The van der Waals surface area contributed by atoms with Gasteiger partial charge in [-0.15, -0.1) is 0 Å². The van der Waals surface area contributed by atoms with Crippen molar-refractivity contribution in [2.75, 3.05) is 20.2 Å². The minimum atomic E-state index is -0.130. The molecule has 0 bridgehead atoms. The largest absolute Gasteiger partial charge is 0.469 e. The predicted molar refractivity (Wildman–Crippen MR) is 51.5 cm³/mol. The summed E-state index contributed by atoms with van der Waals surface area (Å²) in [6, 6.07) is 0. The fourth-order valence-electron chi connectivity index (χ4n) is 1.34. The molecular weight excluding hydrogens is 166 g/mol. The average Bonchev–Trinajstić information content (AvgIpc) is 2.94. The highest BCUT2D eigenvalue weighted by atomic mass is 16.5. The van der Waals surface area contributed by atoms with Crippen molar-refractivity contribution in [2.24, 2.45) is 5.92 Å². The van der Waals surface area contributed by atoms with E-state index < -0.39 is 0 Å². The molecule has 3 nitrogen and oxygen atoms in total. The Morgan fingerprint density at radius 3 is 2.85 bits per heavy atom. The van der Waals surface area contributed by atoms with Crippen molar-refractivity contribution >= 4 is 5.97 Å². The SMILES string of the molecule is COC(=O)CCNCCCC1CC1. The second-order valence-corrected chi connectivity index (χ2v) is 3.66. The van der Waals surface area contributed by atoms with Crippen LogP contribution in [0.2, 0.25) is 0 Å². The normalized spacial score (nSPS) is 15.8. The van der Waals surface area contributed by atoms with Gasteiger partial charge < -0.3 is 10.1 Å². The second kappa shape index (κ2) is 5.97. The molecule has 1 rings (SSSR count). The van der Waals surface area contributed by atoms with Crippen LogP contribution in [-0.2, 0) is 9.53 Å². The maximum absolute atomic E-state index is 10.7. The summed E-state index contributed by atoms with van der Waals surface area (Å²) in [5, 5.41) is 3.23. The third kappa shape index (κ3) is 5.64. The highest BCUT2D eigenvalue weighted by molar-refractivity contribution is 5.69. The quantitative estimate of drug-likeness (QED) is 0.480. The number of rotatable bonds is 7. The molecule has 0 atom stereocenters. The summed E-state index contributed by atoms with van der Waals surface area (Å²) in [5.74, 6) is 0.886. The Morgan fingerprint density at radius 1 is 1.46 bits per heavy atom. The molecule has 0 aliphatic heterocycles. The summed E-state index contributed by atoms with van der Waals surface area (Å²) >= 11 is 0. The lowest BCUT2D eigenvalue weighted by Gasteiger charge is -2.02. The van der Waals surface area contributed by atoms with Gasteiger partial charge in [0, 0.05) is 6.54 Å². The Morgan fingerprint density at radius 2 is 2.23 bits per heavy atom. The van der Waals surface area contributed by atoms with Gasteiger partial charge >= 0.3 is 5.97 Å². The zero-order chi connectivity index (χ0) is 9.52. The minimum Gasteiger partial charge on any atom is -0.469 e.